The molecule has 106 valence electrons. The minimum absolute atomic E-state index is 0.190. The lowest BCUT2D eigenvalue weighted by Crippen LogP contribution is -2.33. The van der Waals surface area contributed by atoms with Crippen LogP contribution in [0.25, 0.3) is 0 Å². The van der Waals surface area contributed by atoms with Crippen molar-refractivity contribution in [3.8, 4) is 5.75 Å². The molecule has 2 fully saturated rings. The Bertz CT molecular complexity index is 557. The summed E-state index contributed by atoms with van der Waals surface area (Å²) in [6, 6.07) is 7.19. The molecule has 0 aliphatic carbocycles. The second kappa shape index (κ2) is 4.57. The molecule has 3 atom stereocenters. The number of likely N-dealkylation sites (tertiary alicyclic amines) is 1. The van der Waals surface area contributed by atoms with Gasteiger partial charge in [-0.3, -0.25) is 19.3 Å². The minimum atomic E-state index is -0.704. The molecule has 6 heteroatoms. The highest BCUT2D eigenvalue weighted by atomic mass is 16.7. The highest BCUT2D eigenvalue weighted by Crippen LogP contribution is 2.43. The van der Waals surface area contributed by atoms with Crippen molar-refractivity contribution in [1.29, 1.82) is 0 Å². The Morgan fingerprint density at radius 3 is 2.35 bits per heavy atom. The Morgan fingerprint density at radius 1 is 1.10 bits per heavy atom. The van der Waals surface area contributed by atoms with E-state index in [0.717, 1.165) is 16.2 Å². The molecule has 6 nitrogen and oxygen atoms in total. The molecule has 0 unspecified atom stereocenters. The number of hydrogen-bond acceptors (Lipinski definition) is 5. The fourth-order valence-electron chi connectivity index (χ4n) is 2.91. The van der Waals surface area contributed by atoms with Gasteiger partial charge in [-0.25, -0.2) is 0 Å². The Balaban J connectivity index is 1.96. The molecule has 0 bridgehead atoms. The summed E-state index contributed by atoms with van der Waals surface area (Å²) in [5.74, 6) is -0.197. The molecule has 0 N–H and O–H groups in total. The number of likely N-dealkylation sites (N-methyl/N-ethyl adjacent to an activating group) is 1. The van der Waals surface area contributed by atoms with Crippen molar-refractivity contribution in [2.45, 2.75) is 12.1 Å². The average molecular weight is 276 g/mol. The number of benzene rings is 1. The van der Waals surface area contributed by atoms with Gasteiger partial charge in [0.15, 0.2) is 6.10 Å². The molecule has 3 rings (SSSR count). The van der Waals surface area contributed by atoms with Gasteiger partial charge in [0.25, 0.3) is 5.91 Å². The SMILES string of the molecule is COc1ccc([C@H]2[C@@H]3C(=O)N(C)C(=O)[C@@H]3ON2C)cc1. The second-order valence-electron chi connectivity index (χ2n) is 5.05. The first-order chi connectivity index (χ1) is 9.54. The van der Waals surface area contributed by atoms with E-state index in [4.69, 9.17) is 9.57 Å². The first kappa shape index (κ1) is 13.1. The quantitative estimate of drug-likeness (QED) is 0.740. The van der Waals surface area contributed by atoms with Crippen LogP contribution < -0.4 is 4.74 Å². The largest absolute Gasteiger partial charge is 0.497 e. The van der Waals surface area contributed by atoms with Crippen LogP contribution in [0.3, 0.4) is 0 Å². The smallest absolute Gasteiger partial charge is 0.261 e. The van der Waals surface area contributed by atoms with Crippen LogP contribution in [0.4, 0.5) is 0 Å². The average Bonchev–Trinajstić information content (AvgIpc) is 2.90. The monoisotopic (exact) mass is 276 g/mol. The van der Waals surface area contributed by atoms with Crippen LogP contribution in [0.5, 0.6) is 5.75 Å². The number of rotatable bonds is 2. The molecular formula is C14H16N2O4. The van der Waals surface area contributed by atoms with E-state index in [1.54, 1.807) is 19.2 Å². The lowest BCUT2D eigenvalue weighted by molar-refractivity contribution is -0.168. The molecule has 2 saturated heterocycles. The van der Waals surface area contributed by atoms with Crippen LogP contribution in [0.15, 0.2) is 24.3 Å². The van der Waals surface area contributed by atoms with Crippen molar-refractivity contribution < 1.29 is 19.2 Å². The fourth-order valence-corrected chi connectivity index (χ4v) is 2.91. The first-order valence-electron chi connectivity index (χ1n) is 6.39. The molecule has 2 heterocycles. The molecule has 0 saturated carbocycles. The number of nitrogens with zero attached hydrogens (tertiary/aromatic N) is 2. The third-order valence-electron chi connectivity index (χ3n) is 3.98. The first-order valence-corrected chi connectivity index (χ1v) is 6.39. The predicted molar refractivity (Wildman–Crippen MR) is 69.6 cm³/mol. The summed E-state index contributed by atoms with van der Waals surface area (Å²) in [6.45, 7) is 0. The van der Waals surface area contributed by atoms with Gasteiger partial charge in [0.1, 0.15) is 5.75 Å². The van der Waals surface area contributed by atoms with Crippen LogP contribution in [-0.2, 0) is 14.4 Å². The molecule has 1 aromatic rings. The summed E-state index contributed by atoms with van der Waals surface area (Å²) < 4.78 is 5.13. The van der Waals surface area contributed by atoms with E-state index >= 15 is 0 Å². The maximum Gasteiger partial charge on any atom is 0.261 e. The third-order valence-corrected chi connectivity index (χ3v) is 3.98. The normalized spacial score (nSPS) is 29.9. The summed E-state index contributed by atoms with van der Waals surface area (Å²) >= 11 is 0. The van der Waals surface area contributed by atoms with Crippen LogP contribution in [0, 0.1) is 5.92 Å². The molecule has 1 aromatic carbocycles. The number of hydroxylamine groups is 2. The zero-order valence-corrected chi connectivity index (χ0v) is 11.6. The van der Waals surface area contributed by atoms with E-state index in [0.29, 0.717) is 0 Å². The Hall–Kier alpha value is -1.92. The lowest BCUT2D eigenvalue weighted by atomic mass is 9.91. The molecule has 0 radical (unpaired) electrons. The molecule has 2 amide bonds. The minimum Gasteiger partial charge on any atom is -0.497 e. The summed E-state index contributed by atoms with van der Waals surface area (Å²) in [4.78, 5) is 30.9. The third kappa shape index (κ3) is 1.72. The zero-order valence-electron chi connectivity index (χ0n) is 11.6. The number of hydrogen-bond donors (Lipinski definition) is 0. The summed E-state index contributed by atoms with van der Waals surface area (Å²) in [5, 5.41) is 1.60. The predicted octanol–water partition coefficient (Wildman–Crippen LogP) is 0.597. The van der Waals surface area contributed by atoms with Crippen LogP contribution in [-0.4, -0.2) is 49.1 Å². The van der Waals surface area contributed by atoms with Gasteiger partial charge in [-0.2, -0.15) is 5.06 Å². The zero-order chi connectivity index (χ0) is 14.4. The molecule has 2 aliphatic rings. The standard InChI is InChI=1S/C14H16N2O4/c1-15-13(17)10-11(16(2)20-12(10)14(15)18)8-4-6-9(19-3)7-5-8/h4-7,10-12H,1-3H3/t10-,11-,12+/m0/s1. The molecule has 0 spiro atoms. The highest BCUT2D eigenvalue weighted by Gasteiger charge is 2.57. The van der Waals surface area contributed by atoms with Gasteiger partial charge in [0, 0.05) is 14.1 Å². The summed E-state index contributed by atoms with van der Waals surface area (Å²) in [7, 11) is 4.84. The van der Waals surface area contributed by atoms with Crippen molar-refractivity contribution >= 4 is 11.8 Å². The van der Waals surface area contributed by atoms with E-state index in [9.17, 15) is 9.59 Å². The Kier molecular flexibility index (Phi) is 2.99. The Labute approximate surface area is 116 Å². The van der Waals surface area contributed by atoms with E-state index < -0.39 is 12.0 Å². The second-order valence-corrected chi connectivity index (χ2v) is 5.05. The van der Waals surface area contributed by atoms with Crippen molar-refractivity contribution in [2.24, 2.45) is 5.92 Å². The number of carbonyl (C=O) groups is 2. The number of carbonyl (C=O) groups excluding carboxylic acids is 2. The fraction of sp³-hybridized carbons (Fsp3) is 0.429. The van der Waals surface area contributed by atoms with E-state index in [1.165, 1.54) is 7.05 Å². The van der Waals surface area contributed by atoms with Crippen molar-refractivity contribution in [2.75, 3.05) is 21.2 Å². The topological polar surface area (TPSA) is 59.1 Å². The van der Waals surface area contributed by atoms with Crippen molar-refractivity contribution in [3.63, 3.8) is 0 Å². The van der Waals surface area contributed by atoms with Gasteiger partial charge in [0.2, 0.25) is 5.91 Å². The number of ether oxygens (including phenoxy) is 1. The van der Waals surface area contributed by atoms with Crippen LogP contribution >= 0.6 is 0 Å². The molecular weight excluding hydrogens is 260 g/mol. The van der Waals surface area contributed by atoms with Gasteiger partial charge < -0.3 is 4.74 Å². The van der Waals surface area contributed by atoms with Gasteiger partial charge in [-0.1, -0.05) is 12.1 Å². The maximum atomic E-state index is 12.2. The maximum absolute atomic E-state index is 12.2. The number of methoxy groups -OCH3 is 1. The highest BCUT2D eigenvalue weighted by molar-refractivity contribution is 6.07. The van der Waals surface area contributed by atoms with Gasteiger partial charge >= 0.3 is 0 Å². The number of amides is 2. The van der Waals surface area contributed by atoms with E-state index in [2.05, 4.69) is 0 Å². The molecule has 20 heavy (non-hydrogen) atoms. The summed E-state index contributed by atoms with van der Waals surface area (Å²) in [6.07, 6.45) is -0.704. The van der Waals surface area contributed by atoms with E-state index in [-0.39, 0.29) is 17.9 Å². The number of fused-ring (bicyclic) bond motifs is 1. The van der Waals surface area contributed by atoms with Gasteiger partial charge in [0.05, 0.1) is 19.1 Å². The summed E-state index contributed by atoms with van der Waals surface area (Å²) in [5.41, 5.74) is 0.928. The van der Waals surface area contributed by atoms with E-state index in [1.807, 2.05) is 24.3 Å². The van der Waals surface area contributed by atoms with Crippen molar-refractivity contribution in [3.05, 3.63) is 29.8 Å². The van der Waals surface area contributed by atoms with Gasteiger partial charge in [-0.05, 0) is 17.7 Å². The molecule has 0 aromatic heterocycles. The Morgan fingerprint density at radius 2 is 1.75 bits per heavy atom. The van der Waals surface area contributed by atoms with Crippen LogP contribution in [0.1, 0.15) is 11.6 Å². The van der Waals surface area contributed by atoms with Crippen LogP contribution in [0.2, 0.25) is 0 Å². The number of imide groups is 1. The van der Waals surface area contributed by atoms with Gasteiger partial charge in [-0.15, -0.1) is 0 Å². The molecule has 2 aliphatic heterocycles. The van der Waals surface area contributed by atoms with Crippen molar-refractivity contribution in [1.82, 2.24) is 9.96 Å². The lowest BCUT2D eigenvalue weighted by Gasteiger charge is -2.22.